The highest BCUT2D eigenvalue weighted by Gasteiger charge is 2.30. The van der Waals surface area contributed by atoms with Gasteiger partial charge in [0.25, 0.3) is 0 Å². The molecule has 0 saturated heterocycles. The van der Waals surface area contributed by atoms with Crippen LogP contribution in [0.3, 0.4) is 0 Å². The summed E-state index contributed by atoms with van der Waals surface area (Å²) in [6.07, 6.45) is 5.70. The van der Waals surface area contributed by atoms with Gasteiger partial charge in [-0.1, -0.05) is 58.4 Å². The second-order valence-electron chi connectivity index (χ2n) is 5.94. The van der Waals surface area contributed by atoms with Crippen LogP contribution in [0.2, 0.25) is 0 Å². The van der Waals surface area contributed by atoms with Gasteiger partial charge >= 0.3 is 11.4 Å². The van der Waals surface area contributed by atoms with Crippen LogP contribution in [0, 0.1) is 0 Å². The van der Waals surface area contributed by atoms with Gasteiger partial charge in [0.1, 0.15) is 6.04 Å². The van der Waals surface area contributed by atoms with E-state index in [4.69, 9.17) is 0 Å². The van der Waals surface area contributed by atoms with E-state index < -0.39 is 11.7 Å². The number of allylic oxidation sites excluding steroid dienone is 2. The largest absolute Gasteiger partial charge is 0.347 e. The summed E-state index contributed by atoms with van der Waals surface area (Å²) in [5, 5.41) is 2.62. The van der Waals surface area contributed by atoms with Gasteiger partial charge in [0.15, 0.2) is 0 Å². The number of rotatable bonds is 2. The van der Waals surface area contributed by atoms with Crippen molar-refractivity contribution in [2.45, 2.75) is 12.0 Å². The molecule has 1 aliphatic carbocycles. The number of H-pyrrole nitrogens is 1. The summed E-state index contributed by atoms with van der Waals surface area (Å²) >= 11 is 3.58. The minimum Gasteiger partial charge on any atom is -0.260 e. The van der Waals surface area contributed by atoms with Crippen molar-refractivity contribution in [1.82, 2.24) is 19.3 Å². The molecule has 7 heteroatoms. The van der Waals surface area contributed by atoms with Gasteiger partial charge in [0.05, 0.1) is 5.69 Å². The maximum absolute atomic E-state index is 12.4. The number of aromatic nitrogens is 4. The van der Waals surface area contributed by atoms with Crippen LogP contribution in [-0.4, -0.2) is 19.3 Å². The Hall–Kier alpha value is -2.67. The summed E-state index contributed by atoms with van der Waals surface area (Å²) < 4.78 is 3.25. The van der Waals surface area contributed by atoms with Crippen LogP contribution in [0.5, 0.6) is 0 Å². The van der Waals surface area contributed by atoms with E-state index >= 15 is 0 Å². The Morgan fingerprint density at radius 2 is 1.88 bits per heavy atom. The molecular formula is C18H15BrN4O2. The quantitative estimate of drug-likeness (QED) is 0.673. The molecule has 0 amide bonds. The molecule has 0 radical (unpaired) electrons. The van der Waals surface area contributed by atoms with E-state index in [0.29, 0.717) is 0 Å². The summed E-state index contributed by atoms with van der Waals surface area (Å²) in [5.41, 5.74) is 2.04. The topological polar surface area (TPSA) is 72.7 Å². The number of aromatic amines is 1. The summed E-state index contributed by atoms with van der Waals surface area (Å²) in [6.45, 7) is 0. The Labute approximate surface area is 151 Å². The van der Waals surface area contributed by atoms with Gasteiger partial charge in [-0.3, -0.25) is 4.98 Å². The molecule has 126 valence electrons. The van der Waals surface area contributed by atoms with Crippen molar-refractivity contribution < 1.29 is 0 Å². The van der Waals surface area contributed by atoms with E-state index in [1.165, 1.54) is 11.7 Å². The number of pyridine rings is 1. The van der Waals surface area contributed by atoms with Gasteiger partial charge in [-0.15, -0.1) is 0 Å². The summed E-state index contributed by atoms with van der Waals surface area (Å²) in [7, 11) is 1.45. The van der Waals surface area contributed by atoms with Crippen LogP contribution < -0.4 is 11.4 Å². The number of nitrogens with zero attached hydrogens (tertiary/aromatic N) is 3. The van der Waals surface area contributed by atoms with Crippen LogP contribution in [0.15, 0.2) is 68.8 Å². The zero-order valence-corrected chi connectivity index (χ0v) is 15.0. The van der Waals surface area contributed by atoms with Crippen LogP contribution in [0.1, 0.15) is 28.8 Å². The van der Waals surface area contributed by atoms with E-state index in [1.54, 1.807) is 6.20 Å². The Morgan fingerprint density at radius 1 is 1.12 bits per heavy atom. The summed E-state index contributed by atoms with van der Waals surface area (Å²) in [4.78, 5) is 28.8. The molecule has 0 aliphatic heterocycles. The van der Waals surface area contributed by atoms with Gasteiger partial charge < -0.3 is 0 Å². The summed E-state index contributed by atoms with van der Waals surface area (Å²) in [5.74, 6) is -0.00362. The van der Waals surface area contributed by atoms with Gasteiger partial charge in [0.2, 0.25) is 0 Å². The Kier molecular flexibility index (Phi) is 3.80. The van der Waals surface area contributed by atoms with E-state index in [2.05, 4.69) is 38.1 Å². The second-order valence-corrected chi connectivity index (χ2v) is 6.79. The minimum atomic E-state index is -0.440. The monoisotopic (exact) mass is 398 g/mol. The highest BCUT2D eigenvalue weighted by molar-refractivity contribution is 9.10. The molecule has 1 aromatic carbocycles. The number of hydrogen-bond acceptors (Lipinski definition) is 3. The molecule has 3 aromatic rings. The first-order valence-corrected chi connectivity index (χ1v) is 8.62. The molecule has 25 heavy (non-hydrogen) atoms. The van der Waals surface area contributed by atoms with Gasteiger partial charge in [-0.2, -0.15) is 0 Å². The number of nitrogens with one attached hydrogen (secondary N) is 1. The minimum absolute atomic E-state index is 0.00362. The van der Waals surface area contributed by atoms with Crippen molar-refractivity contribution >= 4 is 15.9 Å². The first-order valence-electron chi connectivity index (χ1n) is 7.83. The lowest BCUT2D eigenvalue weighted by molar-refractivity contribution is 0.560. The first-order chi connectivity index (χ1) is 12.1. The number of halogens is 1. The molecule has 6 nitrogen and oxygen atoms in total. The van der Waals surface area contributed by atoms with Crippen LogP contribution in [-0.2, 0) is 7.05 Å². The molecule has 1 N–H and O–H groups in total. The Morgan fingerprint density at radius 3 is 2.56 bits per heavy atom. The molecule has 0 spiro atoms. The maximum atomic E-state index is 12.4. The average Bonchev–Trinajstić information content (AvgIpc) is 2.89. The lowest BCUT2D eigenvalue weighted by Crippen LogP contribution is -2.30. The molecule has 0 bridgehead atoms. The van der Waals surface area contributed by atoms with E-state index in [1.807, 2.05) is 36.4 Å². The fraction of sp³-hybridized carbons (Fsp3) is 0.167. The van der Waals surface area contributed by atoms with Crippen molar-refractivity contribution in [3.8, 4) is 0 Å². The molecule has 1 aliphatic rings. The Balaban J connectivity index is 1.93. The zero-order valence-electron chi connectivity index (χ0n) is 13.4. The molecule has 0 saturated carbocycles. The lowest BCUT2D eigenvalue weighted by Gasteiger charge is -2.27. The molecule has 2 heterocycles. The fourth-order valence-corrected chi connectivity index (χ4v) is 3.77. The third-order valence-corrected chi connectivity index (χ3v) is 5.19. The lowest BCUT2D eigenvalue weighted by atomic mass is 9.85. The van der Waals surface area contributed by atoms with E-state index in [9.17, 15) is 9.59 Å². The van der Waals surface area contributed by atoms with E-state index in [0.717, 1.165) is 25.9 Å². The Bertz CT molecular complexity index is 1080. The predicted molar refractivity (Wildman–Crippen MR) is 97.8 cm³/mol. The smallest absolute Gasteiger partial charge is 0.260 e. The van der Waals surface area contributed by atoms with Crippen molar-refractivity contribution in [2.24, 2.45) is 7.05 Å². The number of fused-ring (bicyclic) bond motifs is 1. The van der Waals surface area contributed by atoms with Crippen LogP contribution in [0.4, 0.5) is 0 Å². The molecule has 2 aromatic heterocycles. The standard InChI is InChI=1S/C18H15BrN4O2/c1-22-17(24)21-23(18(22)25)14-8-7-12(11-5-3-2-4-6-11)16-15(14)13(19)9-10-20-16/h2-10,12,14H,1H3,(H,21,24)/t12-,14-/m1/s1. The SMILES string of the molecule is Cn1c(=O)[nH]n([C@@H]2C=C[C@H](c3ccccc3)c3nccc(Br)c32)c1=O. The van der Waals surface area contributed by atoms with E-state index in [-0.39, 0.29) is 11.6 Å². The van der Waals surface area contributed by atoms with Gasteiger partial charge in [-0.25, -0.2) is 23.9 Å². The predicted octanol–water partition coefficient (Wildman–Crippen LogP) is 2.32. The average molecular weight is 399 g/mol. The molecule has 2 atom stereocenters. The van der Waals surface area contributed by atoms with Crippen LogP contribution in [0.25, 0.3) is 0 Å². The normalized spacial score (nSPS) is 19.0. The number of hydrogen-bond donors (Lipinski definition) is 1. The fourth-order valence-electron chi connectivity index (χ4n) is 3.22. The molecule has 0 unspecified atom stereocenters. The molecular weight excluding hydrogens is 384 g/mol. The highest BCUT2D eigenvalue weighted by atomic mass is 79.9. The summed E-state index contributed by atoms with van der Waals surface area (Å²) in [6, 6.07) is 11.5. The van der Waals surface area contributed by atoms with Crippen LogP contribution >= 0.6 is 15.9 Å². The molecule has 4 rings (SSSR count). The molecule has 0 fully saturated rings. The maximum Gasteiger partial charge on any atom is 0.347 e. The third kappa shape index (κ3) is 2.51. The zero-order chi connectivity index (χ0) is 17.6. The van der Waals surface area contributed by atoms with Crippen molar-refractivity contribution in [3.05, 3.63) is 97.0 Å². The number of benzene rings is 1. The van der Waals surface area contributed by atoms with Crippen molar-refractivity contribution in [3.63, 3.8) is 0 Å². The van der Waals surface area contributed by atoms with Gasteiger partial charge in [0, 0.05) is 29.2 Å². The van der Waals surface area contributed by atoms with Crippen molar-refractivity contribution in [2.75, 3.05) is 0 Å². The van der Waals surface area contributed by atoms with Crippen molar-refractivity contribution in [1.29, 1.82) is 0 Å². The third-order valence-electron chi connectivity index (χ3n) is 4.49. The second kappa shape index (κ2) is 6.00. The first kappa shape index (κ1) is 15.8. The highest BCUT2D eigenvalue weighted by Crippen LogP contribution is 2.39. The van der Waals surface area contributed by atoms with Gasteiger partial charge in [-0.05, 0) is 11.6 Å².